The highest BCUT2D eigenvalue weighted by molar-refractivity contribution is 7.19. The van der Waals surface area contributed by atoms with Crippen molar-refractivity contribution >= 4 is 45.1 Å². The third kappa shape index (κ3) is 3.44. The molecule has 1 aliphatic heterocycles. The van der Waals surface area contributed by atoms with Gasteiger partial charge in [-0.25, -0.2) is 4.98 Å². The Labute approximate surface area is 154 Å². The summed E-state index contributed by atoms with van der Waals surface area (Å²) in [5.74, 6) is 0. The number of morpholine rings is 1. The molecule has 1 aromatic heterocycles. The predicted molar refractivity (Wildman–Crippen MR) is 105 cm³/mol. The first-order chi connectivity index (χ1) is 12.7. The Kier molecular flexibility index (Phi) is 4.64. The molecule has 2 aromatic carbocycles. The van der Waals surface area contributed by atoms with E-state index in [1.807, 2.05) is 53.5 Å². The van der Waals surface area contributed by atoms with Crippen LogP contribution in [-0.2, 0) is 4.74 Å². The summed E-state index contributed by atoms with van der Waals surface area (Å²) in [7, 11) is 0. The predicted octanol–water partition coefficient (Wildman–Crippen LogP) is 4.21. The van der Waals surface area contributed by atoms with Crippen LogP contribution in [0.2, 0.25) is 0 Å². The molecule has 26 heavy (non-hydrogen) atoms. The maximum Gasteiger partial charge on any atom is 0.293 e. The van der Waals surface area contributed by atoms with E-state index < -0.39 is 0 Å². The number of fused-ring (bicyclic) bond motifs is 1. The van der Waals surface area contributed by atoms with Crippen molar-refractivity contribution in [1.82, 2.24) is 4.98 Å². The number of ether oxygens (including phenoxy) is 1. The highest BCUT2D eigenvalue weighted by Crippen LogP contribution is 2.31. The molecule has 0 amide bonds. The molecule has 0 unspecified atom stereocenters. The Morgan fingerprint density at radius 3 is 2.73 bits per heavy atom. The van der Waals surface area contributed by atoms with E-state index in [4.69, 9.17) is 4.74 Å². The first-order valence-corrected chi connectivity index (χ1v) is 9.17. The van der Waals surface area contributed by atoms with Gasteiger partial charge in [-0.05, 0) is 29.8 Å². The van der Waals surface area contributed by atoms with Crippen LogP contribution in [0.4, 0.5) is 11.4 Å². The second kappa shape index (κ2) is 7.23. The lowest BCUT2D eigenvalue weighted by Crippen LogP contribution is -2.36. The van der Waals surface area contributed by atoms with Gasteiger partial charge >= 0.3 is 0 Å². The van der Waals surface area contributed by atoms with E-state index in [1.54, 1.807) is 17.4 Å². The number of benzene rings is 2. The van der Waals surface area contributed by atoms with Gasteiger partial charge in [-0.1, -0.05) is 24.3 Å². The molecule has 0 atom stereocenters. The van der Waals surface area contributed by atoms with Crippen LogP contribution in [0.3, 0.4) is 0 Å². The van der Waals surface area contributed by atoms with Gasteiger partial charge in [0.2, 0.25) is 0 Å². The van der Waals surface area contributed by atoms with E-state index in [2.05, 4.69) is 4.98 Å². The van der Waals surface area contributed by atoms with Crippen LogP contribution in [0.1, 0.15) is 10.6 Å². The summed E-state index contributed by atoms with van der Waals surface area (Å²) in [6, 6.07) is 13.3. The fourth-order valence-corrected chi connectivity index (χ4v) is 3.86. The normalized spacial score (nSPS) is 15.0. The highest BCUT2D eigenvalue weighted by Gasteiger charge is 2.21. The number of para-hydroxylation sites is 1. The van der Waals surface area contributed by atoms with E-state index in [1.165, 1.54) is 0 Å². The molecule has 0 aliphatic carbocycles. The van der Waals surface area contributed by atoms with Crippen LogP contribution in [0, 0.1) is 10.1 Å². The van der Waals surface area contributed by atoms with Crippen LogP contribution in [0.25, 0.3) is 22.4 Å². The molecule has 3 aromatic rings. The summed E-state index contributed by atoms with van der Waals surface area (Å²) in [6.07, 6.45) is 3.77. The topological polar surface area (TPSA) is 68.5 Å². The van der Waals surface area contributed by atoms with Gasteiger partial charge in [-0.3, -0.25) is 10.1 Å². The molecule has 0 saturated carbocycles. The Morgan fingerprint density at radius 2 is 1.96 bits per heavy atom. The quantitative estimate of drug-likeness (QED) is 0.510. The Morgan fingerprint density at radius 1 is 1.15 bits per heavy atom. The number of nitrogens with zero attached hydrogens (tertiary/aromatic N) is 3. The third-order valence-electron chi connectivity index (χ3n) is 4.28. The number of thiazole rings is 1. The maximum absolute atomic E-state index is 11.5. The van der Waals surface area contributed by atoms with Crippen LogP contribution in [0.5, 0.6) is 0 Å². The highest BCUT2D eigenvalue weighted by atomic mass is 32.1. The molecule has 6 nitrogen and oxygen atoms in total. The van der Waals surface area contributed by atoms with Gasteiger partial charge < -0.3 is 9.64 Å². The average molecular weight is 367 g/mol. The molecule has 7 heteroatoms. The van der Waals surface area contributed by atoms with Gasteiger partial charge in [-0.15, -0.1) is 11.3 Å². The molecule has 0 radical (unpaired) electrons. The van der Waals surface area contributed by atoms with E-state index in [0.717, 1.165) is 20.8 Å². The molecular weight excluding hydrogens is 350 g/mol. The lowest BCUT2D eigenvalue weighted by atomic mass is 10.1. The fraction of sp³-hybridized carbons (Fsp3) is 0.211. The molecule has 1 fully saturated rings. The second-order valence-electron chi connectivity index (χ2n) is 5.96. The fourth-order valence-electron chi connectivity index (χ4n) is 2.99. The Bertz CT molecular complexity index is 944. The van der Waals surface area contributed by atoms with Crippen LogP contribution < -0.4 is 4.90 Å². The van der Waals surface area contributed by atoms with E-state index in [9.17, 15) is 10.1 Å². The number of hydrogen-bond donors (Lipinski definition) is 0. The second-order valence-corrected chi connectivity index (χ2v) is 7.02. The van der Waals surface area contributed by atoms with Crippen molar-refractivity contribution in [3.63, 3.8) is 0 Å². The molecule has 0 N–H and O–H groups in total. The van der Waals surface area contributed by atoms with Crippen LogP contribution >= 0.6 is 11.3 Å². The number of nitro benzene ring substituents is 1. The van der Waals surface area contributed by atoms with Gasteiger partial charge in [0.05, 0.1) is 28.4 Å². The molecule has 0 bridgehead atoms. The zero-order chi connectivity index (χ0) is 17.9. The third-order valence-corrected chi connectivity index (χ3v) is 5.28. The number of aromatic nitrogens is 1. The summed E-state index contributed by atoms with van der Waals surface area (Å²) < 4.78 is 6.46. The monoisotopic (exact) mass is 367 g/mol. The Balaban J connectivity index is 1.61. The SMILES string of the molecule is O=[N+]([O-])c1cc(/C=C/c2nc3ccccc3s2)ccc1N1CCOCC1. The maximum atomic E-state index is 11.5. The average Bonchev–Trinajstić information content (AvgIpc) is 3.10. The summed E-state index contributed by atoms with van der Waals surface area (Å²) in [5, 5.41) is 12.4. The summed E-state index contributed by atoms with van der Waals surface area (Å²) >= 11 is 1.60. The van der Waals surface area contributed by atoms with Gasteiger partial charge in [0, 0.05) is 19.2 Å². The number of hydrogen-bond acceptors (Lipinski definition) is 6. The molecule has 2 heterocycles. The summed E-state index contributed by atoms with van der Waals surface area (Å²) in [6.45, 7) is 2.52. The van der Waals surface area contributed by atoms with Crippen molar-refractivity contribution in [1.29, 1.82) is 0 Å². The molecule has 132 valence electrons. The van der Waals surface area contributed by atoms with Crippen molar-refractivity contribution in [2.45, 2.75) is 0 Å². The van der Waals surface area contributed by atoms with Crippen molar-refractivity contribution in [3.05, 3.63) is 63.1 Å². The molecular formula is C19H17N3O3S. The van der Waals surface area contributed by atoms with Crippen molar-refractivity contribution in [3.8, 4) is 0 Å². The van der Waals surface area contributed by atoms with Gasteiger partial charge in [0.1, 0.15) is 10.7 Å². The van der Waals surface area contributed by atoms with E-state index in [-0.39, 0.29) is 10.6 Å². The van der Waals surface area contributed by atoms with Gasteiger partial charge in [0.25, 0.3) is 5.69 Å². The first kappa shape index (κ1) is 16.7. The number of rotatable bonds is 4. The molecule has 0 spiro atoms. The van der Waals surface area contributed by atoms with Crippen LogP contribution in [0.15, 0.2) is 42.5 Å². The zero-order valence-corrected chi connectivity index (χ0v) is 14.8. The van der Waals surface area contributed by atoms with Gasteiger partial charge in [-0.2, -0.15) is 0 Å². The minimum Gasteiger partial charge on any atom is -0.378 e. The van der Waals surface area contributed by atoms with E-state index >= 15 is 0 Å². The first-order valence-electron chi connectivity index (χ1n) is 8.35. The Hall–Kier alpha value is -2.77. The number of anilines is 1. The minimum atomic E-state index is -0.320. The summed E-state index contributed by atoms with van der Waals surface area (Å²) in [5.41, 5.74) is 2.52. The van der Waals surface area contributed by atoms with Crippen molar-refractivity contribution in [2.24, 2.45) is 0 Å². The molecule has 4 rings (SSSR count). The van der Waals surface area contributed by atoms with Crippen molar-refractivity contribution < 1.29 is 9.66 Å². The number of nitro groups is 1. The lowest BCUT2D eigenvalue weighted by Gasteiger charge is -2.28. The van der Waals surface area contributed by atoms with Crippen molar-refractivity contribution in [2.75, 3.05) is 31.2 Å². The lowest BCUT2D eigenvalue weighted by molar-refractivity contribution is -0.384. The minimum absolute atomic E-state index is 0.123. The molecule has 1 saturated heterocycles. The zero-order valence-electron chi connectivity index (χ0n) is 14.0. The van der Waals surface area contributed by atoms with Crippen LogP contribution in [-0.4, -0.2) is 36.2 Å². The molecule has 1 aliphatic rings. The summed E-state index contributed by atoms with van der Waals surface area (Å²) in [4.78, 5) is 17.8. The van der Waals surface area contributed by atoms with Gasteiger partial charge in [0.15, 0.2) is 0 Å². The van der Waals surface area contributed by atoms with E-state index in [0.29, 0.717) is 32.0 Å². The standard InChI is InChI=1S/C19H17N3O3S/c23-22(24)17-13-14(5-7-16(17)21-9-11-25-12-10-21)6-8-19-20-15-3-1-2-4-18(15)26-19/h1-8,13H,9-12H2/b8-6+. The smallest absolute Gasteiger partial charge is 0.293 e. The largest absolute Gasteiger partial charge is 0.378 e.